The standard InChI is InChI=1S/C8H8N5O4S3/c9-20(16,17)8-11-10-7(18-8)12-19-6-3-1-5(2-4-6)13(14)15/h1-4,14H,(H,10,12)(H2,9,16,17)/q-1. The smallest absolute Gasteiger partial charge is 0.267 e. The minimum Gasteiger partial charge on any atom is -0.733 e. The molecule has 1 aromatic heterocycles. The first-order valence-corrected chi connectivity index (χ1v) is 8.09. The van der Waals surface area contributed by atoms with Gasteiger partial charge in [0.25, 0.3) is 10.0 Å². The Labute approximate surface area is 122 Å². The molecule has 0 radical (unpaired) electrons. The van der Waals surface area contributed by atoms with E-state index in [4.69, 9.17) is 10.3 Å². The van der Waals surface area contributed by atoms with Crippen molar-refractivity contribution in [1.29, 1.82) is 0 Å². The minimum atomic E-state index is -3.85. The highest BCUT2D eigenvalue weighted by atomic mass is 32.2. The molecule has 0 aliphatic carbocycles. The fraction of sp³-hybridized carbons (Fsp3) is 0. The van der Waals surface area contributed by atoms with Crippen LogP contribution in [0.3, 0.4) is 0 Å². The molecule has 0 saturated carbocycles. The normalized spacial score (nSPS) is 11.3. The highest BCUT2D eigenvalue weighted by Crippen LogP contribution is 2.26. The third-order valence-corrected chi connectivity index (χ3v) is 5.04. The Balaban J connectivity index is 2.00. The Hall–Kier alpha value is -1.44. The summed E-state index contributed by atoms with van der Waals surface area (Å²) in [6.45, 7) is 0. The number of nitrogens with zero attached hydrogens (tertiary/aromatic N) is 3. The molecule has 9 nitrogen and oxygen atoms in total. The van der Waals surface area contributed by atoms with Gasteiger partial charge in [-0.15, -0.1) is 10.2 Å². The average Bonchev–Trinajstić information content (AvgIpc) is 2.85. The zero-order valence-electron chi connectivity index (χ0n) is 9.63. The quantitative estimate of drug-likeness (QED) is 0.538. The lowest BCUT2D eigenvalue weighted by atomic mass is 10.3. The number of benzene rings is 1. The predicted octanol–water partition coefficient (Wildman–Crippen LogP) is 0.998. The van der Waals surface area contributed by atoms with Gasteiger partial charge in [0.05, 0.1) is 5.69 Å². The van der Waals surface area contributed by atoms with Gasteiger partial charge in [-0.2, -0.15) is 0 Å². The molecule has 1 heterocycles. The number of anilines is 2. The molecule has 0 unspecified atom stereocenters. The van der Waals surface area contributed by atoms with Gasteiger partial charge in [0, 0.05) is 4.90 Å². The van der Waals surface area contributed by atoms with Crippen molar-refractivity contribution in [2.45, 2.75) is 9.24 Å². The summed E-state index contributed by atoms with van der Waals surface area (Å²) >= 11 is 1.94. The van der Waals surface area contributed by atoms with Crippen molar-refractivity contribution in [2.75, 3.05) is 9.95 Å². The van der Waals surface area contributed by atoms with Crippen LogP contribution in [-0.4, -0.2) is 23.8 Å². The Morgan fingerprint density at radius 1 is 1.35 bits per heavy atom. The van der Waals surface area contributed by atoms with Crippen molar-refractivity contribution in [3.05, 3.63) is 29.5 Å². The molecule has 12 heteroatoms. The van der Waals surface area contributed by atoms with Crippen LogP contribution in [0.5, 0.6) is 0 Å². The van der Waals surface area contributed by atoms with Crippen LogP contribution >= 0.6 is 23.3 Å². The van der Waals surface area contributed by atoms with Gasteiger partial charge in [-0.1, -0.05) is 11.3 Å². The van der Waals surface area contributed by atoms with Crippen molar-refractivity contribution in [3.63, 3.8) is 0 Å². The molecule has 108 valence electrons. The maximum Gasteiger partial charge on any atom is 0.267 e. The average molecular weight is 334 g/mol. The van der Waals surface area contributed by atoms with Crippen molar-refractivity contribution in [3.8, 4) is 0 Å². The van der Waals surface area contributed by atoms with E-state index in [9.17, 15) is 13.6 Å². The first kappa shape index (κ1) is 15.0. The third-order valence-electron chi connectivity index (χ3n) is 1.96. The monoisotopic (exact) mass is 334 g/mol. The second kappa shape index (κ2) is 5.90. The summed E-state index contributed by atoms with van der Waals surface area (Å²) in [7, 11) is -3.85. The zero-order valence-corrected chi connectivity index (χ0v) is 12.1. The summed E-state index contributed by atoms with van der Waals surface area (Å²) in [6.07, 6.45) is 0. The summed E-state index contributed by atoms with van der Waals surface area (Å²) in [5.41, 5.74) is 0.0989. The van der Waals surface area contributed by atoms with Crippen molar-refractivity contribution < 1.29 is 13.6 Å². The summed E-state index contributed by atoms with van der Waals surface area (Å²) in [4.78, 5) is 0.725. The number of primary sulfonamides is 1. The molecule has 0 amide bonds. The van der Waals surface area contributed by atoms with E-state index in [0.29, 0.717) is 0 Å². The Morgan fingerprint density at radius 2 is 2.00 bits per heavy atom. The highest BCUT2D eigenvalue weighted by Gasteiger charge is 2.14. The number of nitrogens with two attached hydrogens (primary N) is 1. The molecule has 0 aliphatic heterocycles. The molecular weight excluding hydrogens is 326 g/mol. The Kier molecular flexibility index (Phi) is 4.42. The van der Waals surface area contributed by atoms with Gasteiger partial charge in [0.1, 0.15) is 0 Å². The maximum absolute atomic E-state index is 11.0. The lowest BCUT2D eigenvalue weighted by Gasteiger charge is -2.21. The number of nitrogens with one attached hydrogen (secondary N) is 1. The highest BCUT2D eigenvalue weighted by molar-refractivity contribution is 8.00. The van der Waals surface area contributed by atoms with Crippen molar-refractivity contribution >= 4 is 44.1 Å². The fourth-order valence-electron chi connectivity index (χ4n) is 1.11. The van der Waals surface area contributed by atoms with E-state index >= 15 is 0 Å². The molecule has 4 N–H and O–H groups in total. The molecule has 2 rings (SSSR count). The molecule has 0 atom stereocenters. The summed E-state index contributed by atoms with van der Waals surface area (Å²) < 4.78 is 24.5. The summed E-state index contributed by atoms with van der Waals surface area (Å²) in [5.74, 6) is 0. The SMILES string of the molecule is NS(=O)(=O)c1nnc(NSc2ccc(N([O-])O)cc2)s1. The molecule has 0 fully saturated rings. The van der Waals surface area contributed by atoms with Crippen LogP contribution in [0.1, 0.15) is 0 Å². The summed E-state index contributed by atoms with van der Waals surface area (Å²) in [6, 6.07) is 6.03. The van der Waals surface area contributed by atoms with Crippen molar-refractivity contribution in [1.82, 2.24) is 10.2 Å². The molecule has 0 saturated heterocycles. The van der Waals surface area contributed by atoms with Crippen LogP contribution in [-0.2, 0) is 10.0 Å². The largest absolute Gasteiger partial charge is 0.733 e. The Bertz CT molecular complexity index is 684. The second-order valence-corrected chi connectivity index (χ2v) is 6.98. The lowest BCUT2D eigenvalue weighted by molar-refractivity contribution is 0.296. The van der Waals surface area contributed by atoms with Crippen LogP contribution in [0.4, 0.5) is 10.8 Å². The van der Waals surface area contributed by atoms with Gasteiger partial charge in [-0.3, -0.25) is 5.21 Å². The van der Waals surface area contributed by atoms with Crippen LogP contribution in [0.2, 0.25) is 0 Å². The molecule has 2 aromatic rings. The van der Waals surface area contributed by atoms with E-state index in [-0.39, 0.29) is 20.4 Å². The van der Waals surface area contributed by atoms with Gasteiger partial charge < -0.3 is 15.2 Å². The number of rotatable bonds is 5. The van der Waals surface area contributed by atoms with Crippen LogP contribution in [0, 0.1) is 5.21 Å². The van der Waals surface area contributed by atoms with Gasteiger partial charge in [-0.05, 0) is 36.2 Å². The maximum atomic E-state index is 11.0. The molecule has 1 aromatic carbocycles. The van der Waals surface area contributed by atoms with Crippen LogP contribution in [0.25, 0.3) is 0 Å². The first-order valence-electron chi connectivity index (χ1n) is 4.91. The first-order chi connectivity index (χ1) is 9.36. The number of hydrogen-bond acceptors (Lipinski definition) is 10. The van der Waals surface area contributed by atoms with Gasteiger partial charge in [-0.25, -0.2) is 13.6 Å². The lowest BCUT2D eigenvalue weighted by Crippen LogP contribution is -2.11. The van der Waals surface area contributed by atoms with Crippen LogP contribution in [0.15, 0.2) is 33.5 Å². The number of sulfonamides is 1. The van der Waals surface area contributed by atoms with E-state index in [0.717, 1.165) is 28.2 Å². The fourth-order valence-corrected chi connectivity index (χ4v) is 3.10. The molecule has 0 aliphatic rings. The zero-order chi connectivity index (χ0) is 14.8. The predicted molar refractivity (Wildman–Crippen MR) is 74.8 cm³/mol. The number of hydrogen-bond donors (Lipinski definition) is 3. The minimum absolute atomic E-state index is 0.0989. The molecule has 0 bridgehead atoms. The summed E-state index contributed by atoms with van der Waals surface area (Å²) in [5, 5.41) is 31.3. The Morgan fingerprint density at radius 3 is 2.50 bits per heavy atom. The van der Waals surface area contributed by atoms with E-state index in [1.165, 1.54) is 12.1 Å². The van der Waals surface area contributed by atoms with E-state index in [1.807, 2.05) is 0 Å². The van der Waals surface area contributed by atoms with Crippen molar-refractivity contribution in [2.24, 2.45) is 5.14 Å². The van der Waals surface area contributed by atoms with E-state index < -0.39 is 10.0 Å². The molecule has 20 heavy (non-hydrogen) atoms. The topological polar surface area (TPSA) is 144 Å². The van der Waals surface area contributed by atoms with Crippen LogP contribution < -0.4 is 15.1 Å². The van der Waals surface area contributed by atoms with Gasteiger partial charge in [0.2, 0.25) is 9.47 Å². The van der Waals surface area contributed by atoms with E-state index in [1.54, 1.807) is 12.1 Å². The van der Waals surface area contributed by atoms with Gasteiger partial charge in [0.15, 0.2) is 0 Å². The molecule has 0 spiro atoms. The van der Waals surface area contributed by atoms with Gasteiger partial charge >= 0.3 is 0 Å². The third kappa shape index (κ3) is 3.78. The van der Waals surface area contributed by atoms with E-state index in [2.05, 4.69) is 14.9 Å². The second-order valence-electron chi connectivity index (χ2n) is 3.39. The number of aromatic nitrogens is 2. The molecular formula is C8H8N5O4S3-.